The Morgan fingerprint density at radius 1 is 1.33 bits per heavy atom. The fourth-order valence-corrected chi connectivity index (χ4v) is 3.47. The molecule has 0 saturated carbocycles. The summed E-state index contributed by atoms with van der Waals surface area (Å²) in [5, 5.41) is 4.31. The van der Waals surface area contributed by atoms with Crippen molar-refractivity contribution in [2.45, 2.75) is 25.5 Å². The first kappa shape index (κ1) is 14.9. The van der Waals surface area contributed by atoms with Crippen LogP contribution in [0.3, 0.4) is 0 Å². The Morgan fingerprint density at radius 3 is 2.95 bits per heavy atom. The fourth-order valence-electron chi connectivity index (χ4n) is 2.65. The van der Waals surface area contributed by atoms with Gasteiger partial charge in [-0.25, -0.2) is 0 Å². The molecule has 4 heteroatoms. The topological polar surface area (TPSA) is 21.3 Å². The van der Waals surface area contributed by atoms with E-state index in [9.17, 15) is 0 Å². The predicted molar refractivity (Wildman–Crippen MR) is 90.1 cm³/mol. The van der Waals surface area contributed by atoms with E-state index in [2.05, 4.69) is 46.4 Å². The maximum absolute atomic E-state index is 6.02. The smallest absolute Gasteiger partial charge is 0.123 e. The summed E-state index contributed by atoms with van der Waals surface area (Å²) >= 11 is 9.62. The van der Waals surface area contributed by atoms with Crippen molar-refractivity contribution >= 4 is 27.5 Å². The first-order chi connectivity index (χ1) is 10.1. The van der Waals surface area contributed by atoms with E-state index in [1.54, 1.807) is 0 Å². The summed E-state index contributed by atoms with van der Waals surface area (Å²) in [5.74, 6) is 0.958. The van der Waals surface area contributed by atoms with E-state index >= 15 is 0 Å². The number of hydrogen-bond donors (Lipinski definition) is 1. The minimum absolute atomic E-state index is 0.170. The summed E-state index contributed by atoms with van der Waals surface area (Å²) < 4.78 is 7.08. The van der Waals surface area contributed by atoms with Crippen LogP contribution in [0, 0.1) is 0 Å². The van der Waals surface area contributed by atoms with Crippen LogP contribution in [0.15, 0.2) is 46.9 Å². The van der Waals surface area contributed by atoms with Gasteiger partial charge in [-0.3, -0.25) is 0 Å². The summed E-state index contributed by atoms with van der Waals surface area (Å²) in [5.41, 5.74) is 2.46. The van der Waals surface area contributed by atoms with Crippen LogP contribution < -0.4 is 10.1 Å². The van der Waals surface area contributed by atoms with Crippen LogP contribution in [0.25, 0.3) is 0 Å². The number of fused-ring (bicyclic) bond motifs is 1. The highest BCUT2D eigenvalue weighted by molar-refractivity contribution is 9.10. The second-order valence-corrected chi connectivity index (χ2v) is 6.64. The number of halogens is 2. The van der Waals surface area contributed by atoms with Gasteiger partial charge in [-0.2, -0.15) is 0 Å². The Morgan fingerprint density at radius 2 is 2.14 bits per heavy atom. The molecule has 0 bridgehead atoms. The normalized spacial score (nSPS) is 18.1. The maximum Gasteiger partial charge on any atom is 0.123 e. The predicted octanol–water partition coefficient (Wildman–Crippen LogP) is 4.76. The number of benzene rings is 2. The second-order valence-electron chi connectivity index (χ2n) is 5.35. The summed E-state index contributed by atoms with van der Waals surface area (Å²) in [6.45, 7) is 2.98. The molecule has 1 heterocycles. The van der Waals surface area contributed by atoms with Crippen LogP contribution in [0.5, 0.6) is 5.75 Å². The van der Waals surface area contributed by atoms with E-state index in [1.807, 2.05) is 24.3 Å². The quantitative estimate of drug-likeness (QED) is 0.842. The SMILES string of the molecule is C[C@@H](NCC1Cc2cc(Cl)ccc2O1)c1ccccc1Br. The van der Waals surface area contributed by atoms with Crippen LogP contribution >= 0.6 is 27.5 Å². The van der Waals surface area contributed by atoms with Gasteiger partial charge in [0, 0.05) is 28.5 Å². The summed E-state index contributed by atoms with van der Waals surface area (Å²) in [4.78, 5) is 0. The molecular weight excluding hydrogens is 350 g/mol. The lowest BCUT2D eigenvalue weighted by Crippen LogP contribution is -2.32. The third kappa shape index (κ3) is 3.42. The zero-order chi connectivity index (χ0) is 14.8. The Kier molecular flexibility index (Phi) is 4.53. The van der Waals surface area contributed by atoms with Crippen molar-refractivity contribution < 1.29 is 4.74 Å². The van der Waals surface area contributed by atoms with Gasteiger partial charge in [0.2, 0.25) is 0 Å². The molecule has 0 radical (unpaired) electrons. The van der Waals surface area contributed by atoms with E-state index in [4.69, 9.17) is 16.3 Å². The first-order valence-corrected chi connectivity index (χ1v) is 8.23. The third-order valence-electron chi connectivity index (χ3n) is 3.79. The highest BCUT2D eigenvalue weighted by Gasteiger charge is 2.23. The molecule has 0 aromatic heterocycles. The molecule has 0 saturated heterocycles. The van der Waals surface area contributed by atoms with Gasteiger partial charge in [-0.05, 0) is 42.3 Å². The zero-order valence-electron chi connectivity index (χ0n) is 11.8. The Labute approximate surface area is 138 Å². The van der Waals surface area contributed by atoms with Crippen molar-refractivity contribution in [2.75, 3.05) is 6.54 Å². The van der Waals surface area contributed by atoms with Crippen LogP contribution in [0.1, 0.15) is 24.1 Å². The molecule has 1 aliphatic heterocycles. The number of rotatable bonds is 4. The van der Waals surface area contributed by atoms with Gasteiger partial charge in [0.25, 0.3) is 0 Å². The van der Waals surface area contributed by atoms with E-state index in [1.165, 1.54) is 11.1 Å². The molecule has 2 aromatic rings. The largest absolute Gasteiger partial charge is 0.488 e. The van der Waals surface area contributed by atoms with Crippen LogP contribution in [-0.4, -0.2) is 12.6 Å². The van der Waals surface area contributed by atoms with Crippen LogP contribution in [0.2, 0.25) is 5.02 Å². The van der Waals surface area contributed by atoms with Crippen molar-refractivity contribution in [3.63, 3.8) is 0 Å². The Hall–Kier alpha value is -1.03. The van der Waals surface area contributed by atoms with Gasteiger partial charge in [0.15, 0.2) is 0 Å². The van der Waals surface area contributed by atoms with E-state index in [-0.39, 0.29) is 12.1 Å². The molecule has 2 atom stereocenters. The van der Waals surface area contributed by atoms with Crippen molar-refractivity contribution in [3.8, 4) is 5.75 Å². The van der Waals surface area contributed by atoms with E-state index in [0.717, 1.165) is 28.2 Å². The summed E-state index contributed by atoms with van der Waals surface area (Å²) in [6, 6.07) is 14.4. The van der Waals surface area contributed by atoms with E-state index in [0.29, 0.717) is 0 Å². The number of ether oxygens (including phenoxy) is 1. The van der Waals surface area contributed by atoms with Crippen molar-refractivity contribution in [2.24, 2.45) is 0 Å². The minimum atomic E-state index is 0.170. The van der Waals surface area contributed by atoms with Gasteiger partial charge in [-0.15, -0.1) is 0 Å². The monoisotopic (exact) mass is 365 g/mol. The molecule has 21 heavy (non-hydrogen) atoms. The molecule has 1 unspecified atom stereocenters. The van der Waals surface area contributed by atoms with Gasteiger partial charge >= 0.3 is 0 Å². The molecule has 0 fully saturated rings. The average Bonchev–Trinajstić information content (AvgIpc) is 2.87. The maximum atomic E-state index is 6.02. The second kappa shape index (κ2) is 6.39. The molecular formula is C17H17BrClNO. The van der Waals surface area contributed by atoms with Crippen molar-refractivity contribution in [1.29, 1.82) is 0 Å². The van der Waals surface area contributed by atoms with Crippen LogP contribution in [0.4, 0.5) is 0 Å². The van der Waals surface area contributed by atoms with Gasteiger partial charge in [0.05, 0.1) is 0 Å². The lowest BCUT2D eigenvalue weighted by molar-refractivity contribution is 0.222. The van der Waals surface area contributed by atoms with E-state index < -0.39 is 0 Å². The molecule has 110 valence electrons. The molecule has 0 spiro atoms. The molecule has 1 N–H and O–H groups in total. The van der Waals surface area contributed by atoms with Gasteiger partial charge < -0.3 is 10.1 Å². The highest BCUT2D eigenvalue weighted by atomic mass is 79.9. The number of hydrogen-bond acceptors (Lipinski definition) is 2. The minimum Gasteiger partial charge on any atom is -0.488 e. The molecule has 3 rings (SSSR count). The Balaban J connectivity index is 1.59. The molecule has 0 amide bonds. The lowest BCUT2D eigenvalue weighted by atomic mass is 10.1. The standard InChI is InChI=1S/C17H17BrClNO/c1-11(15-4-2-3-5-16(15)18)20-10-14-9-12-8-13(19)6-7-17(12)21-14/h2-8,11,14,20H,9-10H2,1H3/t11-,14?/m1/s1. The Bertz CT molecular complexity index is 646. The third-order valence-corrected chi connectivity index (χ3v) is 4.74. The summed E-state index contributed by atoms with van der Waals surface area (Å²) in [6.07, 6.45) is 1.08. The highest BCUT2D eigenvalue weighted by Crippen LogP contribution is 2.31. The van der Waals surface area contributed by atoms with Crippen LogP contribution in [-0.2, 0) is 6.42 Å². The van der Waals surface area contributed by atoms with Crippen molar-refractivity contribution in [1.82, 2.24) is 5.32 Å². The molecule has 0 aliphatic carbocycles. The number of nitrogens with one attached hydrogen (secondary N) is 1. The van der Waals surface area contributed by atoms with Gasteiger partial charge in [-0.1, -0.05) is 45.7 Å². The lowest BCUT2D eigenvalue weighted by Gasteiger charge is -2.18. The van der Waals surface area contributed by atoms with Crippen molar-refractivity contribution in [3.05, 3.63) is 63.1 Å². The molecule has 2 nitrogen and oxygen atoms in total. The average molecular weight is 367 g/mol. The molecule has 2 aromatic carbocycles. The first-order valence-electron chi connectivity index (χ1n) is 7.06. The zero-order valence-corrected chi connectivity index (χ0v) is 14.1. The van der Waals surface area contributed by atoms with Gasteiger partial charge in [0.1, 0.15) is 11.9 Å². The fraction of sp³-hybridized carbons (Fsp3) is 0.294. The molecule has 1 aliphatic rings. The summed E-state index contributed by atoms with van der Waals surface area (Å²) in [7, 11) is 0.